The summed E-state index contributed by atoms with van der Waals surface area (Å²) >= 11 is 0. The number of urea groups is 1. The van der Waals surface area contributed by atoms with Gasteiger partial charge in [0.15, 0.2) is 0 Å². The number of ether oxygens (including phenoxy) is 3. The monoisotopic (exact) mass is 652 g/mol. The summed E-state index contributed by atoms with van der Waals surface area (Å²) in [4.78, 5) is 31.2. The molecule has 2 aromatic rings. The second-order valence-electron chi connectivity index (χ2n) is 13.5. The van der Waals surface area contributed by atoms with Gasteiger partial charge in [0.25, 0.3) is 5.91 Å². The van der Waals surface area contributed by atoms with Gasteiger partial charge in [0.05, 0.1) is 37.5 Å². The molecule has 3 N–H and O–H groups in total. The number of benzene rings is 2. The number of anilines is 1. The van der Waals surface area contributed by atoms with E-state index in [-0.39, 0.29) is 42.7 Å². The van der Waals surface area contributed by atoms with Crippen molar-refractivity contribution in [3.8, 4) is 11.5 Å². The zero-order valence-electron chi connectivity index (χ0n) is 29.0. The van der Waals surface area contributed by atoms with E-state index in [9.17, 15) is 14.7 Å². The van der Waals surface area contributed by atoms with Crippen molar-refractivity contribution in [1.82, 2.24) is 15.1 Å². The van der Waals surface area contributed by atoms with Crippen LogP contribution in [0.5, 0.6) is 11.5 Å². The molecule has 47 heavy (non-hydrogen) atoms. The molecule has 10 heteroatoms. The molecule has 0 aromatic heterocycles. The Morgan fingerprint density at radius 2 is 1.79 bits per heavy atom. The van der Waals surface area contributed by atoms with E-state index < -0.39 is 6.04 Å². The minimum Gasteiger partial charge on any atom is -0.497 e. The molecular weight excluding hydrogens is 596 g/mol. The molecule has 1 aliphatic heterocycles. The highest BCUT2D eigenvalue weighted by atomic mass is 16.5. The van der Waals surface area contributed by atoms with Crippen molar-refractivity contribution in [1.29, 1.82) is 0 Å². The first-order valence-corrected chi connectivity index (χ1v) is 17.4. The number of methoxy groups -OCH3 is 1. The van der Waals surface area contributed by atoms with Gasteiger partial charge in [-0.05, 0) is 88.9 Å². The Labute approximate surface area is 281 Å². The number of rotatable bonds is 9. The maximum Gasteiger partial charge on any atom is 0.319 e. The molecule has 260 valence electrons. The number of hydrogen-bond acceptors (Lipinski definition) is 7. The number of aliphatic hydroxyl groups excluding tert-OH is 1. The van der Waals surface area contributed by atoms with E-state index in [1.54, 1.807) is 30.2 Å². The number of fused-ring (bicyclic) bond motifs is 1. The number of amides is 3. The van der Waals surface area contributed by atoms with Gasteiger partial charge in [0.2, 0.25) is 0 Å². The summed E-state index contributed by atoms with van der Waals surface area (Å²) < 4.78 is 18.2. The van der Waals surface area contributed by atoms with Gasteiger partial charge in [-0.2, -0.15) is 0 Å². The van der Waals surface area contributed by atoms with Gasteiger partial charge in [-0.15, -0.1) is 0 Å². The van der Waals surface area contributed by atoms with Crippen LogP contribution in [0.25, 0.3) is 0 Å². The summed E-state index contributed by atoms with van der Waals surface area (Å²) in [6.07, 6.45) is 7.81. The molecule has 2 aliphatic rings. The van der Waals surface area contributed by atoms with Crippen LogP contribution in [-0.2, 0) is 11.3 Å². The number of hydrogen-bond donors (Lipinski definition) is 3. The van der Waals surface area contributed by atoms with Crippen LogP contribution in [-0.4, -0.2) is 91.6 Å². The van der Waals surface area contributed by atoms with Crippen LogP contribution in [0.2, 0.25) is 0 Å². The van der Waals surface area contributed by atoms with Gasteiger partial charge in [0, 0.05) is 43.9 Å². The number of carbonyl (C=O) groups excluding carboxylic acids is 2. The van der Waals surface area contributed by atoms with Gasteiger partial charge in [-0.25, -0.2) is 4.79 Å². The lowest BCUT2D eigenvalue weighted by molar-refractivity contribution is -0.0177. The molecule has 4 rings (SSSR count). The van der Waals surface area contributed by atoms with Crippen LogP contribution >= 0.6 is 0 Å². The molecule has 1 fully saturated rings. The summed E-state index contributed by atoms with van der Waals surface area (Å²) in [5, 5.41) is 16.3. The minimum absolute atomic E-state index is 0.0277. The molecule has 0 spiro atoms. The molecule has 1 aliphatic carbocycles. The smallest absolute Gasteiger partial charge is 0.319 e. The molecule has 2 aromatic carbocycles. The number of aliphatic hydroxyl groups is 1. The minimum atomic E-state index is -0.438. The van der Waals surface area contributed by atoms with Gasteiger partial charge < -0.3 is 34.9 Å². The lowest BCUT2D eigenvalue weighted by Crippen LogP contribution is -2.47. The van der Waals surface area contributed by atoms with E-state index >= 15 is 0 Å². The SMILES string of the molecule is COc1ccc(CN(C)C[C@H]2OCCCC[C@@H](C)Oc3ccc(NC(=O)NC4CCCCC4)cc3C(=O)N([C@H](C)CO)C[C@@H]2C)cc1. The number of nitrogens with one attached hydrogen (secondary N) is 2. The van der Waals surface area contributed by atoms with Crippen LogP contribution < -0.4 is 20.1 Å². The highest BCUT2D eigenvalue weighted by molar-refractivity contribution is 5.99. The van der Waals surface area contributed by atoms with Crippen molar-refractivity contribution >= 4 is 17.6 Å². The summed E-state index contributed by atoms with van der Waals surface area (Å²) in [5.74, 6) is 1.03. The predicted octanol–water partition coefficient (Wildman–Crippen LogP) is 6.08. The van der Waals surface area contributed by atoms with Crippen LogP contribution in [0.1, 0.15) is 88.1 Å². The van der Waals surface area contributed by atoms with Gasteiger partial charge in [0.1, 0.15) is 11.5 Å². The summed E-state index contributed by atoms with van der Waals surface area (Å²) in [7, 11) is 3.75. The van der Waals surface area contributed by atoms with Gasteiger partial charge >= 0.3 is 6.03 Å². The quantitative estimate of drug-likeness (QED) is 0.301. The fourth-order valence-corrected chi connectivity index (χ4v) is 6.48. The molecule has 0 bridgehead atoms. The van der Waals surface area contributed by atoms with E-state index in [1.807, 2.05) is 26.0 Å². The molecule has 3 amide bonds. The Morgan fingerprint density at radius 3 is 2.49 bits per heavy atom. The van der Waals surface area contributed by atoms with Crippen LogP contribution in [0.4, 0.5) is 10.5 Å². The molecule has 0 saturated heterocycles. The third kappa shape index (κ3) is 11.1. The Morgan fingerprint density at radius 1 is 1.06 bits per heavy atom. The highest BCUT2D eigenvalue weighted by Crippen LogP contribution is 2.29. The lowest BCUT2D eigenvalue weighted by atomic mass is 9.96. The standard InChI is InChI=1S/C37H56N4O6/c1-26-22-41(27(2)25-42)36(43)33-21-31(39-37(44)38-30-12-7-6-8-13-30)16-19-34(33)47-28(3)11-9-10-20-46-35(26)24-40(4)23-29-14-17-32(45-5)18-15-29/h14-19,21,26-28,30,35,42H,6-13,20,22-25H2,1-5H3,(H2,38,39,44)/t26-,27+,28+,35+/m0/s1. The average molecular weight is 653 g/mol. The highest BCUT2D eigenvalue weighted by Gasteiger charge is 2.30. The maximum absolute atomic E-state index is 14.4. The fourth-order valence-electron chi connectivity index (χ4n) is 6.48. The molecule has 10 nitrogen and oxygen atoms in total. The van der Waals surface area contributed by atoms with Crippen molar-refractivity contribution in [2.45, 2.75) is 103 Å². The zero-order chi connectivity index (χ0) is 33.8. The van der Waals surface area contributed by atoms with E-state index in [2.05, 4.69) is 41.6 Å². The second-order valence-corrected chi connectivity index (χ2v) is 13.5. The Bertz CT molecular complexity index is 1270. The first-order valence-electron chi connectivity index (χ1n) is 17.4. The third-order valence-electron chi connectivity index (χ3n) is 9.35. The Kier molecular flexibility index (Phi) is 14.2. The number of likely N-dealkylation sites (N-methyl/N-ethyl adjacent to an activating group) is 1. The second kappa shape index (κ2) is 18.3. The van der Waals surface area contributed by atoms with Crippen molar-refractivity contribution in [3.05, 3.63) is 53.6 Å². The molecule has 1 heterocycles. The van der Waals surface area contributed by atoms with Crippen LogP contribution in [0.15, 0.2) is 42.5 Å². The zero-order valence-corrected chi connectivity index (χ0v) is 29.0. The Balaban J connectivity index is 1.55. The molecule has 0 radical (unpaired) electrons. The normalized spacial score (nSPS) is 22.5. The van der Waals surface area contributed by atoms with Gasteiger partial charge in [-0.3, -0.25) is 9.69 Å². The first kappa shape index (κ1) is 36.5. The van der Waals surface area contributed by atoms with Crippen molar-refractivity contribution < 1.29 is 28.9 Å². The lowest BCUT2D eigenvalue weighted by Gasteiger charge is -2.36. The molecule has 0 unspecified atom stereocenters. The number of carbonyl (C=O) groups is 2. The first-order chi connectivity index (χ1) is 22.7. The topological polar surface area (TPSA) is 113 Å². The van der Waals surface area contributed by atoms with E-state index in [1.165, 1.54) is 12.0 Å². The van der Waals surface area contributed by atoms with Gasteiger partial charge in [-0.1, -0.05) is 38.3 Å². The maximum atomic E-state index is 14.4. The predicted molar refractivity (Wildman–Crippen MR) is 185 cm³/mol. The molecular formula is C37H56N4O6. The third-order valence-corrected chi connectivity index (χ3v) is 9.35. The summed E-state index contributed by atoms with van der Waals surface area (Å²) in [6, 6.07) is 12.8. The average Bonchev–Trinajstić information content (AvgIpc) is 3.06. The fraction of sp³-hybridized carbons (Fsp3) is 0.622. The summed E-state index contributed by atoms with van der Waals surface area (Å²) in [6.45, 7) is 8.22. The van der Waals surface area contributed by atoms with E-state index in [4.69, 9.17) is 14.2 Å². The van der Waals surface area contributed by atoms with Crippen molar-refractivity contribution in [2.24, 2.45) is 5.92 Å². The van der Waals surface area contributed by atoms with Crippen LogP contribution in [0.3, 0.4) is 0 Å². The number of nitrogens with zero attached hydrogens (tertiary/aromatic N) is 2. The van der Waals surface area contributed by atoms with E-state index in [0.717, 1.165) is 57.2 Å². The van der Waals surface area contributed by atoms with Crippen LogP contribution in [0, 0.1) is 5.92 Å². The molecule has 1 saturated carbocycles. The van der Waals surface area contributed by atoms with Crippen molar-refractivity contribution in [2.75, 3.05) is 45.8 Å². The Hall–Kier alpha value is -3.34. The summed E-state index contributed by atoms with van der Waals surface area (Å²) in [5.41, 5.74) is 2.06. The largest absolute Gasteiger partial charge is 0.497 e. The van der Waals surface area contributed by atoms with Crippen molar-refractivity contribution in [3.63, 3.8) is 0 Å². The molecule has 4 atom stereocenters. The van der Waals surface area contributed by atoms with E-state index in [0.29, 0.717) is 36.7 Å².